The molecule has 1 fully saturated rings. The average molecular weight is 247 g/mol. The number of nitrogens with zero attached hydrogens (tertiary/aromatic N) is 1. The fourth-order valence-electron chi connectivity index (χ4n) is 1.95. The van der Waals surface area contributed by atoms with Gasteiger partial charge >= 0.3 is 0 Å². The second kappa shape index (κ2) is 9.94. The smallest absolute Gasteiger partial charge is 0.0785 e. The van der Waals surface area contributed by atoms with Crippen molar-refractivity contribution >= 4 is 0 Å². The predicted octanol–water partition coefficient (Wildman–Crippen LogP) is 5.06. The highest BCUT2D eigenvalue weighted by molar-refractivity contribution is 4.66. The third-order valence-electron chi connectivity index (χ3n) is 3.15. The van der Waals surface area contributed by atoms with Gasteiger partial charge in [-0.1, -0.05) is 49.5 Å². The van der Waals surface area contributed by atoms with Crippen LogP contribution in [0.15, 0.2) is 0 Å². The normalized spacial score (nSPS) is 18.9. The van der Waals surface area contributed by atoms with Crippen molar-refractivity contribution in [2.24, 2.45) is 17.8 Å². The maximum Gasteiger partial charge on any atom is 0.0785 e. The van der Waals surface area contributed by atoms with Gasteiger partial charge in [0.1, 0.15) is 0 Å². The molecule has 0 saturated carbocycles. The Kier molecular flexibility index (Phi) is 13.0. The number of likely N-dealkylation sites (tertiary alicyclic amines) is 1. The lowest BCUT2D eigenvalue weighted by molar-refractivity contribution is -0.896. The summed E-state index contributed by atoms with van der Waals surface area (Å²) in [4.78, 5) is 0. The number of rotatable bonds is 1. The Morgan fingerprint density at radius 3 is 1.35 bits per heavy atom. The van der Waals surface area contributed by atoms with Gasteiger partial charge in [0.2, 0.25) is 0 Å². The first kappa shape index (κ1) is 22.2. The Labute approximate surface area is 112 Å². The third kappa shape index (κ3) is 12.2. The zero-order valence-electron chi connectivity index (χ0n) is 12.0. The molecule has 0 aromatic rings. The molecular formula is C16H40N+. The fraction of sp³-hybridized carbons (Fsp3) is 1.00. The lowest BCUT2D eigenvalue weighted by Gasteiger charge is -2.38. The first-order valence-corrected chi connectivity index (χ1v) is 6.56. The number of quaternary nitrogens is 1. The van der Waals surface area contributed by atoms with Gasteiger partial charge in [0.25, 0.3) is 0 Å². The van der Waals surface area contributed by atoms with Gasteiger partial charge in [-0.25, -0.2) is 0 Å². The Hall–Kier alpha value is -0.0400. The van der Waals surface area contributed by atoms with E-state index < -0.39 is 0 Å². The molecule has 0 aromatic heterocycles. The van der Waals surface area contributed by atoms with Crippen LogP contribution in [0.25, 0.3) is 0 Å². The Morgan fingerprint density at radius 2 is 1.12 bits per heavy atom. The first-order valence-electron chi connectivity index (χ1n) is 6.56. The number of hydrogen-bond acceptors (Lipinski definition) is 0. The van der Waals surface area contributed by atoms with E-state index in [1.165, 1.54) is 30.4 Å². The molecule has 0 aromatic carbocycles. The molecule has 17 heavy (non-hydrogen) atoms. The van der Waals surface area contributed by atoms with Crippen LogP contribution in [-0.4, -0.2) is 31.7 Å². The summed E-state index contributed by atoms with van der Waals surface area (Å²) < 4.78 is 1.24. The van der Waals surface area contributed by atoms with Crippen molar-refractivity contribution in [1.29, 1.82) is 0 Å². The minimum atomic E-state index is 0. The molecule has 0 amide bonds. The molecule has 0 radical (unpaired) electrons. The van der Waals surface area contributed by atoms with Crippen LogP contribution in [0, 0.1) is 17.8 Å². The van der Waals surface area contributed by atoms with Gasteiger partial charge in [0.05, 0.1) is 27.2 Å². The lowest BCUT2D eigenvalue weighted by Crippen LogP contribution is -2.46. The summed E-state index contributed by atoms with van der Waals surface area (Å²) in [5.74, 6) is 2.73. The largest absolute Gasteiger partial charge is 0.328 e. The van der Waals surface area contributed by atoms with Gasteiger partial charge in [-0.3, -0.25) is 0 Å². The van der Waals surface area contributed by atoms with E-state index in [1.807, 2.05) is 0 Å². The average Bonchev–Trinajstić information content (AvgIpc) is 2.01. The Bertz CT molecular complexity index is 146. The molecule has 1 nitrogen and oxygen atoms in total. The molecule has 0 bridgehead atoms. The minimum absolute atomic E-state index is 0. The van der Waals surface area contributed by atoms with E-state index in [1.54, 1.807) is 0 Å². The van der Waals surface area contributed by atoms with Crippen molar-refractivity contribution in [1.82, 2.24) is 0 Å². The second-order valence-corrected chi connectivity index (χ2v) is 6.70. The van der Waals surface area contributed by atoms with Crippen LogP contribution in [0.4, 0.5) is 0 Å². The van der Waals surface area contributed by atoms with E-state index in [4.69, 9.17) is 0 Å². The van der Waals surface area contributed by atoms with Crippen molar-refractivity contribution in [3.8, 4) is 0 Å². The molecule has 108 valence electrons. The number of piperidine rings is 1. The minimum Gasteiger partial charge on any atom is -0.328 e. The third-order valence-corrected chi connectivity index (χ3v) is 3.15. The maximum atomic E-state index is 2.36. The SMILES string of the molecule is C.C.CC(C)C.CC(C)C1CC[N+](C)(C)CC1. The van der Waals surface area contributed by atoms with Crippen LogP contribution in [-0.2, 0) is 0 Å². The number of hydrogen-bond donors (Lipinski definition) is 0. The summed E-state index contributed by atoms with van der Waals surface area (Å²) in [6, 6.07) is 0. The lowest BCUT2D eigenvalue weighted by atomic mass is 9.86. The summed E-state index contributed by atoms with van der Waals surface area (Å²) in [6.07, 6.45) is 2.87. The molecule has 0 atom stereocenters. The predicted molar refractivity (Wildman–Crippen MR) is 83.4 cm³/mol. The highest BCUT2D eigenvalue weighted by Crippen LogP contribution is 2.26. The molecule has 0 N–H and O–H groups in total. The standard InChI is InChI=1S/C10H22N.C4H10.2CH4/c1-9(2)10-5-7-11(3,4)8-6-10;1-4(2)3;;/h9-10H,5-8H2,1-4H3;4H,1-3H3;2*1H4/q+1;;;. The van der Waals surface area contributed by atoms with E-state index in [9.17, 15) is 0 Å². The molecule has 1 aliphatic rings. The van der Waals surface area contributed by atoms with Crippen LogP contribution in [0.2, 0.25) is 0 Å². The first-order chi connectivity index (χ1) is 6.74. The van der Waals surface area contributed by atoms with E-state index in [0.717, 1.165) is 17.8 Å². The summed E-state index contributed by atoms with van der Waals surface area (Å²) >= 11 is 0. The van der Waals surface area contributed by atoms with Crippen LogP contribution < -0.4 is 0 Å². The molecule has 0 spiro atoms. The monoisotopic (exact) mass is 246 g/mol. The van der Waals surface area contributed by atoms with Crippen molar-refractivity contribution in [3.63, 3.8) is 0 Å². The molecule has 1 saturated heterocycles. The Balaban J connectivity index is -0.000000289. The molecule has 0 unspecified atom stereocenters. The quantitative estimate of drug-likeness (QED) is 0.567. The van der Waals surface area contributed by atoms with Crippen LogP contribution in [0.1, 0.15) is 62.3 Å². The Morgan fingerprint density at radius 1 is 0.824 bits per heavy atom. The van der Waals surface area contributed by atoms with Gasteiger partial charge in [0.15, 0.2) is 0 Å². The van der Waals surface area contributed by atoms with E-state index in [2.05, 4.69) is 48.7 Å². The van der Waals surface area contributed by atoms with E-state index >= 15 is 0 Å². The summed E-state index contributed by atoms with van der Waals surface area (Å²) in [5, 5.41) is 0. The second-order valence-electron chi connectivity index (χ2n) is 6.70. The topological polar surface area (TPSA) is 0 Å². The van der Waals surface area contributed by atoms with Gasteiger partial charge in [-0.05, 0) is 30.6 Å². The maximum absolute atomic E-state index is 2.36. The van der Waals surface area contributed by atoms with Gasteiger partial charge in [0, 0.05) is 0 Å². The summed E-state index contributed by atoms with van der Waals surface area (Å²) in [7, 11) is 4.69. The highest BCUT2D eigenvalue weighted by atomic mass is 15.3. The molecule has 1 rings (SSSR count). The molecule has 1 heterocycles. The van der Waals surface area contributed by atoms with E-state index in [-0.39, 0.29) is 14.9 Å². The fourth-order valence-corrected chi connectivity index (χ4v) is 1.95. The molecule has 0 aliphatic carbocycles. The zero-order chi connectivity index (χ0) is 12.1. The van der Waals surface area contributed by atoms with E-state index in [0.29, 0.717) is 0 Å². The molecule has 1 aliphatic heterocycles. The van der Waals surface area contributed by atoms with Crippen molar-refractivity contribution in [2.45, 2.75) is 62.3 Å². The summed E-state index contributed by atoms with van der Waals surface area (Å²) in [6.45, 7) is 14.0. The highest BCUT2D eigenvalue weighted by Gasteiger charge is 2.27. The summed E-state index contributed by atoms with van der Waals surface area (Å²) in [5.41, 5.74) is 0. The molecular weight excluding hydrogens is 206 g/mol. The van der Waals surface area contributed by atoms with Gasteiger partial charge in [-0.15, -0.1) is 0 Å². The van der Waals surface area contributed by atoms with Crippen molar-refractivity contribution in [2.75, 3.05) is 27.2 Å². The van der Waals surface area contributed by atoms with Crippen molar-refractivity contribution in [3.05, 3.63) is 0 Å². The zero-order valence-corrected chi connectivity index (χ0v) is 12.0. The van der Waals surface area contributed by atoms with Crippen LogP contribution in [0.5, 0.6) is 0 Å². The molecule has 1 heteroatoms. The van der Waals surface area contributed by atoms with Gasteiger partial charge in [-0.2, -0.15) is 0 Å². The van der Waals surface area contributed by atoms with Gasteiger partial charge < -0.3 is 4.48 Å². The van der Waals surface area contributed by atoms with Crippen LogP contribution >= 0.6 is 0 Å². The van der Waals surface area contributed by atoms with Crippen LogP contribution in [0.3, 0.4) is 0 Å². The van der Waals surface area contributed by atoms with Crippen molar-refractivity contribution < 1.29 is 4.48 Å².